The summed E-state index contributed by atoms with van der Waals surface area (Å²) in [6.07, 6.45) is 9.36. The van der Waals surface area contributed by atoms with E-state index in [1.807, 2.05) is 25.1 Å². The lowest BCUT2D eigenvalue weighted by atomic mass is 9.86. The van der Waals surface area contributed by atoms with Crippen molar-refractivity contribution < 1.29 is 22.4 Å². The molecule has 5 nitrogen and oxygen atoms in total. The molecule has 184 valence electrons. The number of rotatable bonds is 13. The Labute approximate surface area is 196 Å². The third-order valence-electron chi connectivity index (χ3n) is 6.70. The van der Waals surface area contributed by atoms with Gasteiger partial charge in [0.1, 0.15) is 17.1 Å². The van der Waals surface area contributed by atoms with E-state index in [1.54, 1.807) is 0 Å². The fourth-order valence-electron chi connectivity index (χ4n) is 4.53. The zero-order valence-corrected chi connectivity index (χ0v) is 21.7. The Hall–Kier alpha value is -1.27. The Morgan fingerprint density at radius 3 is 2.44 bits per heavy atom. The first-order chi connectivity index (χ1) is 14.9. The molecule has 1 aliphatic rings. The van der Waals surface area contributed by atoms with E-state index in [0.29, 0.717) is 5.75 Å². The number of fused-ring (bicyclic) bond motifs is 1. The smallest absolute Gasteiger partial charge is 0.267 e. The third kappa shape index (κ3) is 8.93. The van der Waals surface area contributed by atoms with Gasteiger partial charge in [-0.2, -0.15) is 8.42 Å². The number of hydrogen-bond acceptors (Lipinski definition) is 4. The second-order valence-electron chi connectivity index (χ2n) is 10.6. The van der Waals surface area contributed by atoms with Crippen molar-refractivity contribution in [3.05, 3.63) is 23.8 Å². The van der Waals surface area contributed by atoms with Crippen LogP contribution in [0.4, 0.5) is 0 Å². The summed E-state index contributed by atoms with van der Waals surface area (Å²) in [5.41, 5.74) is 1.02. The summed E-state index contributed by atoms with van der Waals surface area (Å²) in [4.78, 5) is 0. The van der Waals surface area contributed by atoms with Gasteiger partial charge >= 0.3 is 0 Å². The van der Waals surface area contributed by atoms with Crippen LogP contribution in [0, 0.1) is 11.8 Å². The summed E-state index contributed by atoms with van der Waals surface area (Å²) in [6, 6.07) is 5.85. The predicted molar refractivity (Wildman–Crippen MR) is 131 cm³/mol. The summed E-state index contributed by atoms with van der Waals surface area (Å²) in [5.74, 6) is 3.21. The fraction of sp³-hybridized carbons (Fsp3) is 0.769. The molecule has 1 aliphatic heterocycles. The van der Waals surface area contributed by atoms with Crippen molar-refractivity contribution in [2.75, 3.05) is 0 Å². The van der Waals surface area contributed by atoms with E-state index in [4.69, 9.17) is 14.0 Å². The van der Waals surface area contributed by atoms with E-state index in [-0.39, 0.29) is 18.1 Å². The maximum absolute atomic E-state index is 11.2. The molecule has 0 saturated heterocycles. The van der Waals surface area contributed by atoms with Gasteiger partial charge in [-0.05, 0) is 82.1 Å². The second-order valence-corrected chi connectivity index (χ2v) is 12.5. The van der Waals surface area contributed by atoms with Crippen molar-refractivity contribution in [3.8, 4) is 11.5 Å². The van der Waals surface area contributed by atoms with Gasteiger partial charge in [-0.15, -0.1) is 0 Å². The molecule has 0 aromatic heterocycles. The SMILES string of the molecule is CC(C)CCCC(C)CCCC1(C)CCc2cc(OC(C)CC(C)S(=O)(=O)O)ccc2O1. The summed E-state index contributed by atoms with van der Waals surface area (Å²) in [6.45, 7) is 12.5. The fourth-order valence-corrected chi connectivity index (χ4v) is 5.04. The van der Waals surface area contributed by atoms with Crippen LogP contribution < -0.4 is 9.47 Å². The minimum atomic E-state index is -4.04. The van der Waals surface area contributed by atoms with Crippen LogP contribution in [0.1, 0.15) is 98.5 Å². The molecule has 6 heteroatoms. The van der Waals surface area contributed by atoms with Gasteiger partial charge in [-0.3, -0.25) is 4.55 Å². The maximum Gasteiger partial charge on any atom is 0.267 e. The quantitative estimate of drug-likeness (QED) is 0.321. The minimum Gasteiger partial charge on any atom is -0.491 e. The summed E-state index contributed by atoms with van der Waals surface area (Å²) in [5, 5.41) is -0.850. The molecule has 0 saturated carbocycles. The second kappa shape index (κ2) is 11.7. The Morgan fingerprint density at radius 1 is 1.09 bits per heavy atom. The number of ether oxygens (including phenoxy) is 2. The van der Waals surface area contributed by atoms with Gasteiger partial charge in [0.15, 0.2) is 0 Å². The van der Waals surface area contributed by atoms with E-state index in [0.717, 1.165) is 42.4 Å². The molecule has 1 aromatic carbocycles. The number of aryl methyl sites for hydroxylation is 1. The Kier molecular flexibility index (Phi) is 9.89. The molecule has 4 atom stereocenters. The van der Waals surface area contributed by atoms with Crippen LogP contribution in [0.25, 0.3) is 0 Å². The van der Waals surface area contributed by atoms with Gasteiger partial charge in [-0.1, -0.05) is 46.5 Å². The summed E-state index contributed by atoms with van der Waals surface area (Å²) >= 11 is 0. The molecule has 0 fully saturated rings. The summed E-state index contributed by atoms with van der Waals surface area (Å²) < 4.78 is 44.0. The first-order valence-corrected chi connectivity index (χ1v) is 13.8. The largest absolute Gasteiger partial charge is 0.491 e. The third-order valence-corrected chi connectivity index (χ3v) is 7.91. The van der Waals surface area contributed by atoms with Crippen molar-refractivity contribution in [1.82, 2.24) is 0 Å². The highest BCUT2D eigenvalue weighted by molar-refractivity contribution is 7.86. The van der Waals surface area contributed by atoms with E-state index in [9.17, 15) is 8.42 Å². The zero-order valence-electron chi connectivity index (χ0n) is 20.9. The van der Waals surface area contributed by atoms with Gasteiger partial charge in [0.25, 0.3) is 10.1 Å². The Bertz CT molecular complexity index is 820. The first-order valence-electron chi connectivity index (χ1n) is 12.3. The van der Waals surface area contributed by atoms with Crippen molar-refractivity contribution in [3.63, 3.8) is 0 Å². The topological polar surface area (TPSA) is 72.8 Å². The standard InChI is InChI=1S/C26H44O5S/c1-19(2)9-7-10-20(3)11-8-15-26(6)16-14-23-18-24(12-13-25(23)31-26)30-21(4)17-22(5)32(27,28)29/h12-13,18-22H,7-11,14-17H2,1-6H3,(H,27,28,29). The number of hydrogen-bond donors (Lipinski definition) is 1. The average molecular weight is 469 g/mol. The van der Waals surface area contributed by atoms with Crippen molar-refractivity contribution in [2.45, 2.75) is 116 Å². The van der Waals surface area contributed by atoms with Crippen LogP contribution in [0.3, 0.4) is 0 Å². The molecule has 1 aromatic rings. The molecule has 4 unspecified atom stereocenters. The van der Waals surface area contributed by atoms with Crippen molar-refractivity contribution in [1.29, 1.82) is 0 Å². The first kappa shape index (κ1) is 27.0. The maximum atomic E-state index is 11.2. The molecule has 1 N–H and O–H groups in total. The molecule has 32 heavy (non-hydrogen) atoms. The van der Waals surface area contributed by atoms with E-state index in [1.165, 1.54) is 39.0 Å². The molecular formula is C26H44O5S. The van der Waals surface area contributed by atoms with Gasteiger partial charge in [0.2, 0.25) is 0 Å². The van der Waals surface area contributed by atoms with Crippen LogP contribution in [0.5, 0.6) is 11.5 Å². The highest BCUT2D eigenvalue weighted by Crippen LogP contribution is 2.38. The van der Waals surface area contributed by atoms with E-state index < -0.39 is 15.4 Å². The summed E-state index contributed by atoms with van der Waals surface area (Å²) in [7, 11) is -4.04. The molecule has 0 spiro atoms. The van der Waals surface area contributed by atoms with Crippen LogP contribution >= 0.6 is 0 Å². The normalized spacial score (nSPS) is 21.5. The van der Waals surface area contributed by atoms with Crippen molar-refractivity contribution >= 4 is 10.1 Å². The molecule has 0 aliphatic carbocycles. The van der Waals surface area contributed by atoms with Gasteiger partial charge in [0.05, 0.1) is 11.4 Å². The molecule has 0 amide bonds. The lowest BCUT2D eigenvalue weighted by Crippen LogP contribution is -2.36. The lowest BCUT2D eigenvalue weighted by molar-refractivity contribution is 0.0522. The zero-order chi connectivity index (χ0) is 23.9. The van der Waals surface area contributed by atoms with Gasteiger partial charge in [0, 0.05) is 6.42 Å². The Morgan fingerprint density at radius 2 is 1.78 bits per heavy atom. The van der Waals surface area contributed by atoms with Gasteiger partial charge < -0.3 is 9.47 Å². The molecular weight excluding hydrogens is 424 g/mol. The monoisotopic (exact) mass is 468 g/mol. The minimum absolute atomic E-state index is 0.120. The highest BCUT2D eigenvalue weighted by Gasteiger charge is 2.31. The van der Waals surface area contributed by atoms with E-state index in [2.05, 4.69) is 27.7 Å². The van der Waals surface area contributed by atoms with Crippen LogP contribution in [-0.4, -0.2) is 29.9 Å². The van der Waals surface area contributed by atoms with Crippen LogP contribution in [0.2, 0.25) is 0 Å². The van der Waals surface area contributed by atoms with Crippen LogP contribution in [-0.2, 0) is 16.5 Å². The predicted octanol–water partition coefficient (Wildman–Crippen LogP) is 6.84. The average Bonchev–Trinajstić information content (AvgIpc) is 2.67. The van der Waals surface area contributed by atoms with Gasteiger partial charge in [-0.25, -0.2) is 0 Å². The number of benzene rings is 1. The van der Waals surface area contributed by atoms with E-state index >= 15 is 0 Å². The Balaban J connectivity index is 1.83. The molecule has 0 bridgehead atoms. The highest BCUT2D eigenvalue weighted by atomic mass is 32.2. The lowest BCUT2D eigenvalue weighted by Gasteiger charge is -2.36. The molecule has 1 heterocycles. The molecule has 0 radical (unpaired) electrons. The van der Waals surface area contributed by atoms with Crippen LogP contribution in [0.15, 0.2) is 18.2 Å². The molecule has 2 rings (SSSR count). The van der Waals surface area contributed by atoms with Crippen molar-refractivity contribution in [2.24, 2.45) is 11.8 Å².